The molecule has 0 aromatic heterocycles. The molecule has 3 rings (SSSR count). The molecule has 2 heterocycles. The molecule has 2 aliphatic heterocycles. The first-order valence-corrected chi connectivity index (χ1v) is 9.16. The molecule has 1 aromatic carbocycles. The summed E-state index contributed by atoms with van der Waals surface area (Å²) in [6.07, 6.45) is -4.79. The van der Waals surface area contributed by atoms with Gasteiger partial charge in [-0.3, -0.25) is 19.8 Å². The molecule has 28 heavy (non-hydrogen) atoms. The van der Waals surface area contributed by atoms with Crippen LogP contribution in [0.15, 0.2) is 24.3 Å². The van der Waals surface area contributed by atoms with Gasteiger partial charge < -0.3 is 15.0 Å². The second-order valence-electron chi connectivity index (χ2n) is 6.70. The van der Waals surface area contributed by atoms with E-state index in [4.69, 9.17) is 4.74 Å². The SMILES string of the molecule is CCOC(=O)C1CNC(N2CCN(c3cccc(C(F)(F)F)c3)CC2)NC1=O. The Kier molecular flexibility index (Phi) is 6.09. The molecule has 0 bridgehead atoms. The van der Waals surface area contributed by atoms with Gasteiger partial charge in [-0.05, 0) is 25.1 Å². The van der Waals surface area contributed by atoms with Crippen LogP contribution < -0.4 is 15.5 Å². The van der Waals surface area contributed by atoms with Crippen molar-refractivity contribution in [1.29, 1.82) is 0 Å². The number of carbonyl (C=O) groups is 2. The molecule has 154 valence electrons. The monoisotopic (exact) mass is 400 g/mol. The summed E-state index contributed by atoms with van der Waals surface area (Å²) in [6.45, 7) is 4.23. The van der Waals surface area contributed by atoms with E-state index in [1.807, 2.05) is 9.80 Å². The first-order chi connectivity index (χ1) is 13.3. The number of hydrogen-bond acceptors (Lipinski definition) is 6. The Hall–Kier alpha value is -2.33. The lowest BCUT2D eigenvalue weighted by molar-refractivity contribution is -0.154. The van der Waals surface area contributed by atoms with Crippen LogP contribution in [0.3, 0.4) is 0 Å². The van der Waals surface area contributed by atoms with Crippen LogP contribution in [-0.2, 0) is 20.5 Å². The Morgan fingerprint density at radius 1 is 1.25 bits per heavy atom. The van der Waals surface area contributed by atoms with E-state index in [9.17, 15) is 22.8 Å². The van der Waals surface area contributed by atoms with E-state index in [0.717, 1.165) is 12.1 Å². The predicted octanol–water partition coefficient (Wildman–Crippen LogP) is 1.01. The molecule has 10 heteroatoms. The second-order valence-corrected chi connectivity index (χ2v) is 6.70. The summed E-state index contributed by atoms with van der Waals surface area (Å²) in [4.78, 5) is 27.8. The Morgan fingerprint density at radius 3 is 2.57 bits per heavy atom. The summed E-state index contributed by atoms with van der Waals surface area (Å²) in [5.41, 5.74) is -0.142. The molecule has 2 unspecified atom stereocenters. The number of esters is 1. The van der Waals surface area contributed by atoms with Gasteiger partial charge in [-0.2, -0.15) is 13.2 Å². The van der Waals surface area contributed by atoms with Crippen molar-refractivity contribution in [2.45, 2.75) is 19.4 Å². The number of nitrogens with one attached hydrogen (secondary N) is 2. The molecule has 2 aliphatic rings. The van der Waals surface area contributed by atoms with Gasteiger partial charge in [0.1, 0.15) is 12.2 Å². The average molecular weight is 400 g/mol. The lowest BCUT2D eigenvalue weighted by Gasteiger charge is -2.42. The van der Waals surface area contributed by atoms with Gasteiger partial charge in [0, 0.05) is 38.4 Å². The van der Waals surface area contributed by atoms with Gasteiger partial charge in [0.05, 0.1) is 12.2 Å². The van der Waals surface area contributed by atoms with Gasteiger partial charge in [-0.15, -0.1) is 0 Å². The van der Waals surface area contributed by atoms with Crippen LogP contribution in [0.4, 0.5) is 18.9 Å². The number of piperazine rings is 1. The number of nitrogens with zero attached hydrogens (tertiary/aromatic N) is 2. The molecule has 0 spiro atoms. The zero-order valence-electron chi connectivity index (χ0n) is 15.5. The largest absolute Gasteiger partial charge is 0.465 e. The number of ether oxygens (including phenoxy) is 1. The summed E-state index contributed by atoms with van der Waals surface area (Å²) in [5.74, 6) is -1.81. The van der Waals surface area contributed by atoms with Crippen LogP contribution in [0, 0.1) is 5.92 Å². The number of halogens is 3. The third kappa shape index (κ3) is 4.56. The molecule has 0 saturated carbocycles. The molecule has 2 saturated heterocycles. The molecule has 1 aromatic rings. The van der Waals surface area contributed by atoms with Gasteiger partial charge in [-0.25, -0.2) is 0 Å². The lowest BCUT2D eigenvalue weighted by atomic mass is 10.1. The van der Waals surface area contributed by atoms with E-state index in [2.05, 4.69) is 10.6 Å². The number of anilines is 1. The fourth-order valence-electron chi connectivity index (χ4n) is 3.38. The van der Waals surface area contributed by atoms with Crippen molar-refractivity contribution in [3.05, 3.63) is 29.8 Å². The van der Waals surface area contributed by atoms with Gasteiger partial charge in [-0.1, -0.05) is 6.07 Å². The highest BCUT2D eigenvalue weighted by Gasteiger charge is 2.37. The maximum Gasteiger partial charge on any atom is 0.416 e. The summed E-state index contributed by atoms with van der Waals surface area (Å²) in [6, 6.07) is 5.28. The average Bonchev–Trinajstić information content (AvgIpc) is 2.67. The van der Waals surface area contributed by atoms with Crippen LogP contribution in [-0.4, -0.2) is 62.4 Å². The number of carbonyl (C=O) groups excluding carboxylic acids is 2. The fraction of sp³-hybridized carbons (Fsp3) is 0.556. The van der Waals surface area contributed by atoms with Gasteiger partial charge in [0.2, 0.25) is 5.91 Å². The second kappa shape index (κ2) is 8.36. The van der Waals surface area contributed by atoms with Gasteiger partial charge >= 0.3 is 12.1 Å². The first kappa shape index (κ1) is 20.4. The molecule has 0 radical (unpaired) electrons. The van der Waals surface area contributed by atoms with Crippen LogP contribution in [0.1, 0.15) is 12.5 Å². The topological polar surface area (TPSA) is 73.9 Å². The first-order valence-electron chi connectivity index (χ1n) is 9.16. The van der Waals surface area contributed by atoms with Crippen molar-refractivity contribution in [3.8, 4) is 0 Å². The highest BCUT2D eigenvalue weighted by atomic mass is 19.4. The molecular weight excluding hydrogens is 377 g/mol. The number of hydrogen-bond donors (Lipinski definition) is 2. The van der Waals surface area contributed by atoms with Crippen LogP contribution in [0.2, 0.25) is 0 Å². The minimum Gasteiger partial charge on any atom is -0.465 e. The third-order valence-electron chi connectivity index (χ3n) is 4.90. The number of rotatable bonds is 4. The Morgan fingerprint density at radius 2 is 1.96 bits per heavy atom. The summed E-state index contributed by atoms with van der Waals surface area (Å²) < 4.78 is 43.6. The van der Waals surface area contributed by atoms with Gasteiger partial charge in [0.15, 0.2) is 0 Å². The molecule has 2 atom stereocenters. The lowest BCUT2D eigenvalue weighted by Crippen LogP contribution is -2.67. The molecule has 2 N–H and O–H groups in total. The standard InChI is InChI=1S/C18H23F3N4O3/c1-2-28-16(27)14-11-22-17(23-15(14)26)25-8-6-24(7-9-25)13-5-3-4-12(10-13)18(19,20)21/h3-5,10,14,17,22H,2,6-9,11H2,1H3,(H,23,26). The van der Waals surface area contributed by atoms with Crippen molar-refractivity contribution in [1.82, 2.24) is 15.5 Å². The molecule has 2 fully saturated rings. The summed E-state index contributed by atoms with van der Waals surface area (Å²) in [7, 11) is 0. The van der Waals surface area contributed by atoms with E-state index in [1.54, 1.807) is 13.0 Å². The minimum absolute atomic E-state index is 0.184. The van der Waals surface area contributed by atoms with Crippen molar-refractivity contribution >= 4 is 17.6 Å². The fourth-order valence-corrected chi connectivity index (χ4v) is 3.38. The molecule has 7 nitrogen and oxygen atoms in total. The number of benzene rings is 1. The van der Waals surface area contributed by atoms with Gasteiger partial charge in [0.25, 0.3) is 0 Å². The smallest absolute Gasteiger partial charge is 0.416 e. The Labute approximate surface area is 160 Å². The Bertz CT molecular complexity index is 720. The summed E-state index contributed by atoms with van der Waals surface area (Å²) in [5, 5.41) is 5.88. The molecule has 0 aliphatic carbocycles. The molecular formula is C18H23F3N4O3. The van der Waals surface area contributed by atoms with Crippen molar-refractivity contribution in [3.63, 3.8) is 0 Å². The highest BCUT2D eigenvalue weighted by molar-refractivity contribution is 5.98. The Balaban J connectivity index is 1.55. The predicted molar refractivity (Wildman–Crippen MR) is 95.3 cm³/mol. The van der Waals surface area contributed by atoms with Crippen molar-refractivity contribution in [2.24, 2.45) is 5.92 Å². The van der Waals surface area contributed by atoms with E-state index in [-0.39, 0.29) is 19.1 Å². The van der Waals surface area contributed by atoms with Crippen LogP contribution >= 0.6 is 0 Å². The van der Waals surface area contributed by atoms with Crippen LogP contribution in [0.5, 0.6) is 0 Å². The van der Waals surface area contributed by atoms with Crippen molar-refractivity contribution in [2.75, 3.05) is 44.2 Å². The normalized spacial score (nSPS) is 24.0. The quantitative estimate of drug-likeness (QED) is 0.581. The highest BCUT2D eigenvalue weighted by Crippen LogP contribution is 2.31. The van der Waals surface area contributed by atoms with E-state index >= 15 is 0 Å². The molecule has 1 amide bonds. The third-order valence-corrected chi connectivity index (χ3v) is 4.90. The van der Waals surface area contributed by atoms with Crippen molar-refractivity contribution < 1.29 is 27.5 Å². The van der Waals surface area contributed by atoms with E-state index in [1.165, 1.54) is 6.07 Å². The number of alkyl halides is 3. The number of amides is 1. The maximum absolute atomic E-state index is 12.9. The van der Waals surface area contributed by atoms with Crippen LogP contribution in [0.25, 0.3) is 0 Å². The minimum atomic E-state index is -4.37. The zero-order valence-corrected chi connectivity index (χ0v) is 15.5. The zero-order chi connectivity index (χ0) is 20.3. The van der Waals surface area contributed by atoms with E-state index < -0.39 is 29.9 Å². The maximum atomic E-state index is 12.9. The van der Waals surface area contributed by atoms with E-state index in [0.29, 0.717) is 31.9 Å². The summed E-state index contributed by atoms with van der Waals surface area (Å²) >= 11 is 0.